The lowest BCUT2D eigenvalue weighted by atomic mass is 9.85. The maximum absolute atomic E-state index is 5.34. The molecule has 1 aliphatic heterocycles. The predicted octanol–water partition coefficient (Wildman–Crippen LogP) is 2.91. The number of ether oxygens (including phenoxy) is 1. The average molecular weight is 413 g/mol. The summed E-state index contributed by atoms with van der Waals surface area (Å²) in [5.74, 6) is 2.33. The normalized spacial score (nSPS) is 20.2. The number of nitrogens with zero attached hydrogens (tertiary/aromatic N) is 5. The molecule has 1 N–H and O–H groups in total. The van der Waals surface area contributed by atoms with Gasteiger partial charge in [0.15, 0.2) is 5.96 Å². The van der Waals surface area contributed by atoms with E-state index in [1.165, 1.54) is 24.0 Å². The van der Waals surface area contributed by atoms with Gasteiger partial charge in [-0.15, -0.1) is 0 Å². The van der Waals surface area contributed by atoms with Crippen LogP contribution in [0.3, 0.4) is 0 Å². The SMILES string of the molecule is CCNC(=NCC1CCCN(C)C1c1ccc(OC)cc1)N(C)Cc1cnn(C)c1. The quantitative estimate of drug-likeness (QED) is 0.560. The number of aromatic nitrogens is 2. The highest BCUT2D eigenvalue weighted by Gasteiger charge is 2.30. The second-order valence-corrected chi connectivity index (χ2v) is 8.17. The molecule has 3 rings (SSSR count). The summed E-state index contributed by atoms with van der Waals surface area (Å²) < 4.78 is 7.18. The molecule has 7 nitrogen and oxygen atoms in total. The molecule has 2 atom stereocenters. The van der Waals surface area contributed by atoms with E-state index in [-0.39, 0.29) is 0 Å². The molecular formula is C23H36N6O. The molecular weight excluding hydrogens is 376 g/mol. The van der Waals surface area contributed by atoms with Crippen molar-refractivity contribution < 1.29 is 4.74 Å². The molecule has 0 saturated carbocycles. The highest BCUT2D eigenvalue weighted by atomic mass is 16.5. The predicted molar refractivity (Wildman–Crippen MR) is 122 cm³/mol. The summed E-state index contributed by atoms with van der Waals surface area (Å²) in [6, 6.07) is 8.89. The Morgan fingerprint density at radius 2 is 2.07 bits per heavy atom. The number of methoxy groups -OCH3 is 1. The maximum Gasteiger partial charge on any atom is 0.193 e. The first-order valence-corrected chi connectivity index (χ1v) is 10.8. The molecule has 2 unspecified atom stereocenters. The Morgan fingerprint density at radius 3 is 2.70 bits per heavy atom. The van der Waals surface area contributed by atoms with Crippen LogP contribution < -0.4 is 10.1 Å². The first kappa shape index (κ1) is 22.2. The van der Waals surface area contributed by atoms with Crippen molar-refractivity contribution in [2.75, 3.05) is 40.8 Å². The zero-order valence-corrected chi connectivity index (χ0v) is 19.0. The highest BCUT2D eigenvalue weighted by Crippen LogP contribution is 2.35. The van der Waals surface area contributed by atoms with Crippen molar-refractivity contribution in [1.82, 2.24) is 24.9 Å². The molecule has 7 heteroatoms. The van der Waals surface area contributed by atoms with Crippen molar-refractivity contribution in [3.05, 3.63) is 47.8 Å². The van der Waals surface area contributed by atoms with E-state index in [1.54, 1.807) is 7.11 Å². The van der Waals surface area contributed by atoms with E-state index in [0.717, 1.165) is 37.9 Å². The smallest absolute Gasteiger partial charge is 0.193 e. The third-order valence-electron chi connectivity index (χ3n) is 5.81. The fourth-order valence-electron chi connectivity index (χ4n) is 4.35. The molecule has 0 amide bonds. The van der Waals surface area contributed by atoms with Gasteiger partial charge in [0.05, 0.1) is 13.3 Å². The molecule has 1 fully saturated rings. The van der Waals surface area contributed by atoms with Crippen LogP contribution in [0.4, 0.5) is 0 Å². The molecule has 0 spiro atoms. The van der Waals surface area contributed by atoms with E-state index < -0.39 is 0 Å². The number of hydrogen-bond acceptors (Lipinski definition) is 4. The Labute approximate surface area is 180 Å². The minimum atomic E-state index is 0.375. The molecule has 0 radical (unpaired) electrons. The summed E-state index contributed by atoms with van der Waals surface area (Å²) in [4.78, 5) is 9.68. The van der Waals surface area contributed by atoms with Crippen LogP contribution in [-0.4, -0.2) is 66.4 Å². The Morgan fingerprint density at radius 1 is 1.30 bits per heavy atom. The summed E-state index contributed by atoms with van der Waals surface area (Å²) in [5, 5.41) is 7.72. The van der Waals surface area contributed by atoms with Crippen LogP contribution in [0.2, 0.25) is 0 Å². The third-order valence-corrected chi connectivity index (χ3v) is 5.81. The standard InChI is InChI=1S/C23H36N6O/c1-6-24-23(28(3)16-18-14-26-29(4)17-18)25-15-20-8-7-13-27(2)22(20)19-9-11-21(30-5)12-10-19/h9-12,14,17,20,22H,6-8,13,15-16H2,1-5H3,(H,24,25). The molecule has 1 aromatic carbocycles. The minimum absolute atomic E-state index is 0.375. The lowest BCUT2D eigenvalue weighted by Crippen LogP contribution is -2.40. The van der Waals surface area contributed by atoms with Gasteiger partial charge >= 0.3 is 0 Å². The summed E-state index contributed by atoms with van der Waals surface area (Å²) in [6.07, 6.45) is 6.37. The van der Waals surface area contributed by atoms with Crippen molar-refractivity contribution in [1.29, 1.82) is 0 Å². The van der Waals surface area contributed by atoms with Crippen molar-refractivity contribution in [3.8, 4) is 5.75 Å². The number of rotatable bonds is 7. The van der Waals surface area contributed by atoms with E-state index >= 15 is 0 Å². The largest absolute Gasteiger partial charge is 0.497 e. The van der Waals surface area contributed by atoms with E-state index in [9.17, 15) is 0 Å². The van der Waals surface area contributed by atoms with Crippen LogP contribution in [0.15, 0.2) is 41.7 Å². The molecule has 1 aliphatic rings. The van der Waals surface area contributed by atoms with Gasteiger partial charge in [-0.25, -0.2) is 0 Å². The molecule has 30 heavy (non-hydrogen) atoms. The summed E-state index contributed by atoms with van der Waals surface area (Å²) in [5.41, 5.74) is 2.52. The molecule has 2 heterocycles. The number of aliphatic imine (C=N–C) groups is 1. The second kappa shape index (κ2) is 10.5. The topological polar surface area (TPSA) is 57.9 Å². The summed E-state index contributed by atoms with van der Waals surface area (Å²) in [7, 11) is 7.97. The van der Waals surface area contributed by atoms with Crippen LogP contribution in [0, 0.1) is 5.92 Å². The van der Waals surface area contributed by atoms with E-state index in [4.69, 9.17) is 9.73 Å². The fraction of sp³-hybridized carbons (Fsp3) is 0.565. The fourth-order valence-corrected chi connectivity index (χ4v) is 4.35. The van der Waals surface area contributed by atoms with Crippen LogP contribution in [-0.2, 0) is 13.6 Å². The van der Waals surface area contributed by atoms with Crippen molar-refractivity contribution in [2.24, 2.45) is 18.0 Å². The van der Waals surface area contributed by atoms with Crippen molar-refractivity contribution in [3.63, 3.8) is 0 Å². The Balaban J connectivity index is 1.74. The van der Waals surface area contributed by atoms with Gasteiger partial charge in [-0.05, 0) is 57.0 Å². The van der Waals surface area contributed by atoms with Gasteiger partial charge in [-0.1, -0.05) is 12.1 Å². The lowest BCUT2D eigenvalue weighted by molar-refractivity contribution is 0.125. The van der Waals surface area contributed by atoms with Gasteiger partial charge in [0.2, 0.25) is 0 Å². The van der Waals surface area contributed by atoms with Gasteiger partial charge in [0.25, 0.3) is 0 Å². The average Bonchev–Trinajstić information content (AvgIpc) is 3.15. The first-order chi connectivity index (χ1) is 14.5. The number of piperidine rings is 1. The van der Waals surface area contributed by atoms with Crippen LogP contribution in [0.5, 0.6) is 5.75 Å². The van der Waals surface area contributed by atoms with Crippen LogP contribution in [0.25, 0.3) is 0 Å². The molecule has 0 aliphatic carbocycles. The Kier molecular flexibility index (Phi) is 7.74. The van der Waals surface area contributed by atoms with E-state index in [2.05, 4.69) is 71.7 Å². The number of benzene rings is 1. The van der Waals surface area contributed by atoms with Gasteiger partial charge in [0, 0.05) is 51.5 Å². The maximum atomic E-state index is 5.34. The number of nitrogens with one attached hydrogen (secondary N) is 1. The van der Waals surface area contributed by atoms with Crippen molar-refractivity contribution in [2.45, 2.75) is 32.4 Å². The van der Waals surface area contributed by atoms with Crippen LogP contribution in [0.1, 0.15) is 36.9 Å². The molecule has 2 aromatic rings. The highest BCUT2D eigenvalue weighted by molar-refractivity contribution is 5.79. The Bertz CT molecular complexity index is 815. The van der Waals surface area contributed by atoms with Gasteiger partial charge in [-0.2, -0.15) is 5.10 Å². The van der Waals surface area contributed by atoms with Gasteiger partial charge in [0.1, 0.15) is 5.75 Å². The molecule has 1 saturated heterocycles. The summed E-state index contributed by atoms with van der Waals surface area (Å²) >= 11 is 0. The number of likely N-dealkylation sites (tertiary alicyclic amines) is 1. The zero-order valence-electron chi connectivity index (χ0n) is 19.0. The first-order valence-electron chi connectivity index (χ1n) is 10.8. The van der Waals surface area contributed by atoms with Gasteiger partial charge < -0.3 is 15.0 Å². The lowest BCUT2D eigenvalue weighted by Gasteiger charge is -2.39. The second-order valence-electron chi connectivity index (χ2n) is 8.17. The van der Waals surface area contributed by atoms with E-state index in [0.29, 0.717) is 12.0 Å². The van der Waals surface area contributed by atoms with Crippen LogP contribution >= 0.6 is 0 Å². The Hall–Kier alpha value is -2.54. The monoisotopic (exact) mass is 412 g/mol. The number of guanidine groups is 1. The zero-order chi connectivity index (χ0) is 21.5. The summed E-state index contributed by atoms with van der Waals surface area (Å²) in [6.45, 7) is 5.68. The van der Waals surface area contributed by atoms with Gasteiger partial charge in [-0.3, -0.25) is 14.6 Å². The minimum Gasteiger partial charge on any atom is -0.497 e. The molecule has 1 aromatic heterocycles. The number of aryl methyl sites for hydroxylation is 1. The third kappa shape index (κ3) is 5.53. The molecule has 164 valence electrons. The number of hydrogen-bond donors (Lipinski definition) is 1. The van der Waals surface area contributed by atoms with E-state index in [1.807, 2.05) is 17.9 Å². The molecule has 0 bridgehead atoms. The van der Waals surface area contributed by atoms with Crippen molar-refractivity contribution >= 4 is 5.96 Å².